The van der Waals surface area contributed by atoms with Crippen molar-refractivity contribution in [3.8, 4) is 11.5 Å². The number of rotatable bonds is 8. The van der Waals surface area contributed by atoms with E-state index in [0.29, 0.717) is 5.56 Å². The lowest BCUT2D eigenvalue weighted by atomic mass is 10.0. The molecule has 0 aromatic heterocycles. The van der Waals surface area contributed by atoms with Crippen LogP contribution in [0.3, 0.4) is 0 Å². The molecule has 7 nitrogen and oxygen atoms in total. The van der Waals surface area contributed by atoms with E-state index in [0.717, 1.165) is 28.0 Å². The number of hydrogen-bond acceptors (Lipinski definition) is 6. The number of benzene rings is 3. The van der Waals surface area contributed by atoms with Crippen molar-refractivity contribution in [2.75, 3.05) is 13.9 Å². The zero-order valence-electron chi connectivity index (χ0n) is 18.0. The summed E-state index contributed by atoms with van der Waals surface area (Å²) in [5, 5.41) is 11.1. The van der Waals surface area contributed by atoms with Crippen molar-refractivity contribution in [1.29, 1.82) is 0 Å². The molecule has 0 aliphatic heterocycles. The smallest absolute Gasteiger partial charge is 0.343 e. The minimum absolute atomic E-state index is 0.0924. The van der Waals surface area contributed by atoms with Gasteiger partial charge in [0.05, 0.1) is 10.5 Å². The van der Waals surface area contributed by atoms with Crippen molar-refractivity contribution in [2.45, 2.75) is 13.8 Å². The Morgan fingerprint density at radius 3 is 2.34 bits per heavy atom. The Kier molecular flexibility index (Phi) is 7.36. The first-order chi connectivity index (χ1) is 15.4. The van der Waals surface area contributed by atoms with Gasteiger partial charge in [-0.25, -0.2) is 4.79 Å². The fourth-order valence-corrected chi connectivity index (χ4v) is 3.24. The number of aryl methyl sites for hydroxylation is 2. The molecule has 3 aromatic rings. The van der Waals surface area contributed by atoms with Crippen molar-refractivity contribution in [2.24, 2.45) is 0 Å². The van der Waals surface area contributed by atoms with Crippen LogP contribution in [0.25, 0.3) is 12.2 Å². The second-order valence-electron chi connectivity index (χ2n) is 7.11. The third-order valence-corrected chi connectivity index (χ3v) is 4.66. The van der Waals surface area contributed by atoms with E-state index in [1.807, 2.05) is 44.2 Å². The van der Waals surface area contributed by atoms with Gasteiger partial charge in [0.15, 0.2) is 6.79 Å². The van der Waals surface area contributed by atoms with Crippen molar-refractivity contribution in [3.05, 3.63) is 98.6 Å². The number of nitro benzene ring substituents is 1. The Hall–Kier alpha value is -3.97. The van der Waals surface area contributed by atoms with Gasteiger partial charge in [0.2, 0.25) is 5.75 Å². The second-order valence-corrected chi connectivity index (χ2v) is 7.11. The van der Waals surface area contributed by atoms with E-state index < -0.39 is 10.9 Å². The van der Waals surface area contributed by atoms with Gasteiger partial charge in [-0.1, -0.05) is 36.4 Å². The third kappa shape index (κ3) is 5.59. The molecule has 0 radical (unpaired) electrons. The molecule has 164 valence electrons. The fourth-order valence-electron chi connectivity index (χ4n) is 3.24. The lowest BCUT2D eigenvalue weighted by Gasteiger charge is -2.12. The van der Waals surface area contributed by atoms with E-state index >= 15 is 0 Å². The first-order valence-electron chi connectivity index (χ1n) is 9.85. The lowest BCUT2D eigenvalue weighted by molar-refractivity contribution is -0.385. The fraction of sp³-hybridized carbons (Fsp3) is 0.160. The lowest BCUT2D eigenvalue weighted by Crippen LogP contribution is -2.09. The first kappa shape index (κ1) is 22.7. The van der Waals surface area contributed by atoms with Gasteiger partial charge in [-0.2, -0.15) is 0 Å². The van der Waals surface area contributed by atoms with Crippen LogP contribution < -0.4 is 9.47 Å². The number of methoxy groups -OCH3 is 1. The number of hydrogen-bond donors (Lipinski definition) is 0. The van der Waals surface area contributed by atoms with Crippen molar-refractivity contribution < 1.29 is 23.9 Å². The second kappa shape index (κ2) is 10.4. The maximum Gasteiger partial charge on any atom is 0.343 e. The summed E-state index contributed by atoms with van der Waals surface area (Å²) in [6.45, 7) is 4.12. The molecule has 3 aromatic carbocycles. The Labute approximate surface area is 186 Å². The Balaban J connectivity index is 1.77. The van der Waals surface area contributed by atoms with Gasteiger partial charge in [0.1, 0.15) is 5.75 Å². The van der Waals surface area contributed by atoms with Crippen LogP contribution in [0.15, 0.2) is 60.7 Å². The van der Waals surface area contributed by atoms with Gasteiger partial charge >= 0.3 is 11.7 Å². The highest BCUT2D eigenvalue weighted by Gasteiger charge is 2.18. The van der Waals surface area contributed by atoms with Crippen molar-refractivity contribution in [3.63, 3.8) is 0 Å². The summed E-state index contributed by atoms with van der Waals surface area (Å²) in [6, 6.07) is 16.6. The van der Waals surface area contributed by atoms with Gasteiger partial charge in [-0.15, -0.1) is 0 Å². The predicted octanol–water partition coefficient (Wildman–Crippen LogP) is 5.58. The number of ether oxygens (including phenoxy) is 3. The molecule has 0 unspecified atom stereocenters. The average Bonchev–Trinajstić information content (AvgIpc) is 2.77. The van der Waals surface area contributed by atoms with Crippen molar-refractivity contribution in [1.82, 2.24) is 0 Å². The summed E-state index contributed by atoms with van der Waals surface area (Å²) in [4.78, 5) is 23.1. The van der Waals surface area contributed by atoms with Crippen LogP contribution in [0, 0.1) is 24.0 Å². The van der Waals surface area contributed by atoms with Crippen LogP contribution in [0.2, 0.25) is 0 Å². The number of nitro groups is 1. The molecule has 0 atom stereocenters. The van der Waals surface area contributed by atoms with Crippen LogP contribution in [0.5, 0.6) is 11.5 Å². The summed E-state index contributed by atoms with van der Waals surface area (Å²) < 4.78 is 15.8. The van der Waals surface area contributed by atoms with Crippen LogP contribution >= 0.6 is 0 Å². The van der Waals surface area contributed by atoms with Crippen LogP contribution in [-0.2, 0) is 4.74 Å². The van der Waals surface area contributed by atoms with Crippen LogP contribution in [0.4, 0.5) is 5.69 Å². The highest BCUT2D eigenvalue weighted by atomic mass is 16.7. The Morgan fingerprint density at radius 1 is 0.969 bits per heavy atom. The predicted molar refractivity (Wildman–Crippen MR) is 122 cm³/mol. The zero-order chi connectivity index (χ0) is 23.1. The van der Waals surface area contributed by atoms with Gasteiger partial charge < -0.3 is 14.2 Å². The van der Waals surface area contributed by atoms with Gasteiger partial charge in [0, 0.05) is 13.2 Å². The molecule has 0 bridgehead atoms. The largest absolute Gasteiger partial charge is 0.467 e. The van der Waals surface area contributed by atoms with Crippen molar-refractivity contribution >= 4 is 23.8 Å². The molecule has 0 amide bonds. The van der Waals surface area contributed by atoms with E-state index in [2.05, 4.69) is 0 Å². The summed E-state index contributed by atoms with van der Waals surface area (Å²) >= 11 is 0. The summed E-state index contributed by atoms with van der Waals surface area (Å²) in [5.74, 6) is 0.0369. The van der Waals surface area contributed by atoms with E-state index in [1.165, 1.54) is 18.2 Å². The highest BCUT2D eigenvalue weighted by Crippen LogP contribution is 2.27. The van der Waals surface area contributed by atoms with E-state index in [1.54, 1.807) is 31.4 Å². The summed E-state index contributed by atoms with van der Waals surface area (Å²) in [6.07, 6.45) is 3.82. The number of para-hydroxylation sites is 2. The molecule has 0 saturated carbocycles. The van der Waals surface area contributed by atoms with E-state index in [4.69, 9.17) is 14.2 Å². The number of nitrogens with zero attached hydrogens (tertiary/aromatic N) is 1. The molecule has 0 N–H and O–H groups in total. The maximum absolute atomic E-state index is 12.5. The highest BCUT2D eigenvalue weighted by molar-refractivity contribution is 5.92. The number of carbonyl (C=O) groups is 1. The molecule has 0 aliphatic carbocycles. The summed E-state index contributed by atoms with van der Waals surface area (Å²) in [5.41, 5.74) is 3.78. The molecular formula is C25H23NO6. The minimum atomic E-state index is -0.666. The molecule has 32 heavy (non-hydrogen) atoms. The molecule has 0 aliphatic rings. The topological polar surface area (TPSA) is 87.9 Å². The average molecular weight is 433 g/mol. The zero-order valence-corrected chi connectivity index (χ0v) is 18.0. The van der Waals surface area contributed by atoms with E-state index in [-0.39, 0.29) is 18.2 Å². The molecule has 0 heterocycles. The normalized spacial score (nSPS) is 10.8. The SMILES string of the molecule is COCOc1c(C)cc(C=Cc2cccc(C(=O)Oc3ccccc3[N+](=O)[O-])c2)cc1C. The van der Waals surface area contributed by atoms with Crippen LogP contribution in [0.1, 0.15) is 32.6 Å². The van der Waals surface area contributed by atoms with Gasteiger partial charge in [-0.3, -0.25) is 10.1 Å². The Morgan fingerprint density at radius 2 is 1.66 bits per heavy atom. The molecule has 0 fully saturated rings. The molecule has 0 spiro atoms. The quantitative estimate of drug-likeness (QED) is 0.115. The van der Waals surface area contributed by atoms with Crippen LogP contribution in [-0.4, -0.2) is 24.8 Å². The van der Waals surface area contributed by atoms with E-state index in [9.17, 15) is 14.9 Å². The van der Waals surface area contributed by atoms with Gasteiger partial charge in [-0.05, 0) is 66.4 Å². The van der Waals surface area contributed by atoms with Gasteiger partial charge in [0.25, 0.3) is 0 Å². The molecule has 3 rings (SSSR count). The standard InChI is InChI=1S/C25H23NO6/c1-17-13-20(14-18(2)24(17)31-16-30-3)12-11-19-7-6-8-21(15-19)25(27)32-23-10-5-4-9-22(23)26(28)29/h4-15H,16H2,1-3H3. The molecular weight excluding hydrogens is 410 g/mol. The third-order valence-electron chi connectivity index (χ3n) is 4.66. The molecule has 7 heteroatoms. The monoisotopic (exact) mass is 433 g/mol. The maximum atomic E-state index is 12.5. The first-order valence-corrected chi connectivity index (χ1v) is 9.85. The molecule has 0 saturated heterocycles. The minimum Gasteiger partial charge on any atom is -0.467 e. The number of esters is 1. The number of carbonyl (C=O) groups excluding carboxylic acids is 1. The summed E-state index contributed by atoms with van der Waals surface area (Å²) in [7, 11) is 1.58. The Bertz CT molecular complexity index is 1150.